The van der Waals surface area contributed by atoms with Crippen molar-refractivity contribution in [3.05, 3.63) is 41.2 Å². The van der Waals surface area contributed by atoms with E-state index in [1.54, 1.807) is 12.2 Å². The maximum atomic E-state index is 10.6. The first kappa shape index (κ1) is 13.0. The van der Waals surface area contributed by atoms with Crippen molar-refractivity contribution in [2.75, 3.05) is 0 Å². The predicted molar refractivity (Wildman–Crippen MR) is 63.6 cm³/mol. The molecule has 0 aliphatic carbocycles. The summed E-state index contributed by atoms with van der Waals surface area (Å²) in [6.45, 7) is 0. The van der Waals surface area contributed by atoms with Gasteiger partial charge in [0.25, 0.3) is 0 Å². The van der Waals surface area contributed by atoms with Gasteiger partial charge < -0.3 is 10.3 Å². The molecule has 0 aromatic carbocycles. The van der Waals surface area contributed by atoms with Crippen LogP contribution in [0.25, 0.3) is 0 Å². The molecule has 0 bridgehead atoms. The summed E-state index contributed by atoms with van der Waals surface area (Å²) in [5.74, 6) is 0.426. The van der Waals surface area contributed by atoms with Crippen molar-refractivity contribution < 1.29 is 0 Å². The minimum absolute atomic E-state index is 0.426. The zero-order chi connectivity index (χ0) is 12.0. The Hall–Kier alpha value is -1.02. The van der Waals surface area contributed by atoms with Gasteiger partial charge in [-0.15, -0.1) is 10.2 Å². The Bertz CT molecular complexity index is 351. The molecule has 2 heterocycles. The molecule has 0 unspecified atom stereocenters. The van der Waals surface area contributed by atoms with E-state index in [1.807, 2.05) is 0 Å². The Morgan fingerprint density at radius 3 is 1.94 bits per heavy atom. The minimum Gasteiger partial charge on any atom is -0.755 e. The van der Waals surface area contributed by atoms with Gasteiger partial charge in [0.15, 0.2) is 0 Å². The quantitative estimate of drug-likeness (QED) is 0.641. The van der Waals surface area contributed by atoms with Crippen molar-refractivity contribution in [3.63, 3.8) is 0 Å². The van der Waals surface area contributed by atoms with Crippen LogP contribution in [0.3, 0.4) is 0 Å². The first-order chi connectivity index (χ1) is 7.59. The zero-order valence-electron chi connectivity index (χ0n) is 9.45. The maximum Gasteiger partial charge on any atom is 0.207 e. The van der Waals surface area contributed by atoms with Crippen molar-refractivity contribution in [1.82, 2.24) is 5.06 Å². The number of hydrogen-bond donors (Lipinski definition) is 0. The van der Waals surface area contributed by atoms with Crippen LogP contribution in [-0.2, 0) is 0 Å². The summed E-state index contributed by atoms with van der Waals surface area (Å²) < 4.78 is 0. The maximum absolute atomic E-state index is 10.6. The molecule has 0 saturated carbocycles. The monoisotopic (exact) mass is 327 g/mol. The van der Waals surface area contributed by atoms with Crippen LogP contribution in [0.4, 0.5) is 0 Å². The van der Waals surface area contributed by atoms with Crippen LogP contribution in [0.1, 0.15) is 0 Å². The second-order valence-electron chi connectivity index (χ2n) is 3.65. The first-order valence-corrected chi connectivity index (χ1v) is 13.3. The van der Waals surface area contributed by atoms with Gasteiger partial charge in [0, 0.05) is 5.57 Å². The van der Waals surface area contributed by atoms with Crippen LogP contribution in [0.5, 0.6) is 0 Å². The molecule has 2 aliphatic heterocycles. The van der Waals surface area contributed by atoms with Crippen LogP contribution in [0.15, 0.2) is 56.6 Å². The molecule has 0 aromatic rings. The van der Waals surface area contributed by atoms with Gasteiger partial charge in [-0.05, 0) is 35.0 Å². The Kier molecular flexibility index (Phi) is 5.33. The molecule has 0 radical (unpaired) electrons. The molecular formula is C9H13N5OSn. The first-order valence-electron chi connectivity index (χ1n) is 4.74. The fourth-order valence-corrected chi connectivity index (χ4v) is 0.822. The molecule has 6 nitrogen and oxygen atoms in total. The number of rotatable bonds is 0. The normalized spacial score (nSPS) is 16.6. The van der Waals surface area contributed by atoms with E-state index in [9.17, 15) is 5.21 Å². The van der Waals surface area contributed by atoms with Crippen LogP contribution in [-0.4, -0.2) is 24.8 Å². The number of hydroxylamine groups is 2. The second kappa shape index (κ2) is 6.54. The van der Waals surface area contributed by atoms with E-state index in [2.05, 4.69) is 35.5 Å². The van der Waals surface area contributed by atoms with E-state index in [0.29, 0.717) is 10.9 Å². The summed E-state index contributed by atoms with van der Waals surface area (Å²) in [5, 5.41) is 25.2. The summed E-state index contributed by atoms with van der Waals surface area (Å²) in [6.07, 6.45) is 5.94. The van der Waals surface area contributed by atoms with Crippen molar-refractivity contribution in [3.8, 4) is 0 Å². The van der Waals surface area contributed by atoms with Crippen molar-refractivity contribution in [2.24, 2.45) is 20.7 Å². The largest absolute Gasteiger partial charge is 0.755 e. The second-order valence-corrected chi connectivity index (χ2v) is 12.2. The van der Waals surface area contributed by atoms with E-state index in [-0.39, 0.29) is 0 Å². The van der Waals surface area contributed by atoms with E-state index < -0.39 is 19.8 Å². The topological polar surface area (TPSA) is 75.7 Å². The Labute approximate surface area is 101 Å². The van der Waals surface area contributed by atoms with E-state index in [4.69, 9.17) is 0 Å². The molecule has 0 N–H and O–H groups in total. The van der Waals surface area contributed by atoms with Crippen molar-refractivity contribution >= 4 is 19.8 Å². The fourth-order valence-electron chi connectivity index (χ4n) is 0.822. The molecule has 0 amide bonds. The van der Waals surface area contributed by atoms with Crippen LogP contribution < -0.4 is 0 Å². The number of hydrogen-bond acceptors (Lipinski definition) is 6. The van der Waals surface area contributed by atoms with E-state index >= 15 is 0 Å². The summed E-state index contributed by atoms with van der Waals surface area (Å²) in [7, 11) is 0. The van der Waals surface area contributed by atoms with Crippen LogP contribution in [0.2, 0.25) is 14.8 Å². The number of nitrogens with zero attached hydrogens (tertiary/aromatic N) is 5. The molecule has 2 rings (SSSR count). The van der Waals surface area contributed by atoms with Gasteiger partial charge in [0.05, 0.1) is 0 Å². The summed E-state index contributed by atoms with van der Waals surface area (Å²) in [6, 6.07) is 0. The zero-order valence-corrected chi connectivity index (χ0v) is 12.3. The van der Waals surface area contributed by atoms with Gasteiger partial charge >= 0.3 is 34.6 Å². The van der Waals surface area contributed by atoms with E-state index in [0.717, 1.165) is 5.57 Å². The van der Waals surface area contributed by atoms with Gasteiger partial charge in [-0.25, -0.2) is 0 Å². The standard InChI is InChI=1S/C6H4N5O.3CH3.Sn/c12-11-3-1-5(2-4-11)6-7-9-10-8-6;;;;/h1-4H;3*1H3;/q-1;;;;+1. The van der Waals surface area contributed by atoms with Crippen molar-refractivity contribution in [2.45, 2.75) is 14.8 Å². The van der Waals surface area contributed by atoms with Gasteiger partial charge in [-0.1, -0.05) is 0 Å². The molecule has 0 fully saturated rings. The molecule has 0 aromatic heterocycles. The SMILES string of the molecule is [CH3][Sn+]([CH3])[CH3].[O-]N1C=CC(=C2N=NN=N2)C=C1. The van der Waals surface area contributed by atoms with Crippen molar-refractivity contribution in [1.29, 1.82) is 0 Å². The number of allylic oxidation sites excluding steroid dienone is 3. The fraction of sp³-hybridized carbons (Fsp3) is 0.333. The third kappa shape index (κ3) is 4.67. The molecule has 0 atom stereocenters. The van der Waals surface area contributed by atoms with Crippen LogP contribution in [0, 0.1) is 5.21 Å². The van der Waals surface area contributed by atoms with E-state index in [1.165, 1.54) is 12.4 Å². The summed E-state index contributed by atoms with van der Waals surface area (Å²) >= 11 is -0.543. The molecule has 16 heavy (non-hydrogen) atoms. The third-order valence-electron chi connectivity index (χ3n) is 1.38. The van der Waals surface area contributed by atoms with Gasteiger partial charge in [0.2, 0.25) is 5.82 Å². The molecule has 0 spiro atoms. The van der Waals surface area contributed by atoms with Gasteiger partial charge in [-0.2, -0.15) is 0 Å². The molecule has 0 saturated heterocycles. The molecular weight excluding hydrogens is 313 g/mol. The van der Waals surface area contributed by atoms with Gasteiger partial charge in [0.1, 0.15) is 0 Å². The Morgan fingerprint density at radius 2 is 1.50 bits per heavy atom. The minimum atomic E-state index is -0.543. The average Bonchev–Trinajstić information content (AvgIpc) is 2.71. The Balaban J connectivity index is 0.000000280. The predicted octanol–water partition coefficient (Wildman–Crippen LogP) is 3.24. The smallest absolute Gasteiger partial charge is 0.207 e. The van der Waals surface area contributed by atoms with Gasteiger partial charge in [-0.3, -0.25) is 0 Å². The molecule has 2 aliphatic rings. The molecule has 84 valence electrons. The van der Waals surface area contributed by atoms with Crippen LogP contribution >= 0.6 is 0 Å². The Morgan fingerprint density at radius 1 is 1.06 bits per heavy atom. The summed E-state index contributed by atoms with van der Waals surface area (Å²) in [5.41, 5.74) is 0.729. The summed E-state index contributed by atoms with van der Waals surface area (Å²) in [4.78, 5) is 7.09. The average molecular weight is 326 g/mol. The molecule has 7 heteroatoms. The third-order valence-corrected chi connectivity index (χ3v) is 1.38.